The first-order chi connectivity index (χ1) is 29.7. The van der Waals surface area contributed by atoms with Crippen molar-refractivity contribution < 1.29 is 32.3 Å². The summed E-state index contributed by atoms with van der Waals surface area (Å²) in [6.07, 6.45) is 9.06. The second kappa shape index (κ2) is 18.8. The third-order valence-electron chi connectivity index (χ3n) is 12.8. The second-order valence-corrected chi connectivity index (χ2v) is 20.7. The van der Waals surface area contributed by atoms with Gasteiger partial charge < -0.3 is 14.4 Å². The summed E-state index contributed by atoms with van der Waals surface area (Å²) in [6.45, 7) is 16.1. The standard InChI is InChI=1S/C49H60N4O7S2/c1-8-10-11-12-13-17-34(23-33-16-14-15-31(5)22-33)47(55)53-28-36(24-41(53)42(54)27-49(26-35(49)9-2)48(56)52-62(57,58)37-18-19-37)60-44-25-39(46-51-40(29-61-46)30(3)4)50-45-32(6)43(59-7)21-20-38(44)45/h8-9,14-16,20-22,25,29-30,34-37,41H,1-2,10-13,17-19,23-24,26-28H2,3-7H3,(H,52,56)/t34-,35-,36-,41+,49-/m1/s1. The van der Waals surface area contributed by atoms with Gasteiger partial charge in [0.1, 0.15) is 28.3 Å². The Balaban J connectivity index is 1.23. The molecule has 1 aliphatic heterocycles. The smallest absolute Gasteiger partial charge is 0.240 e. The van der Waals surface area contributed by atoms with Crippen LogP contribution in [0.15, 0.2) is 73.2 Å². The van der Waals surface area contributed by atoms with Crippen molar-refractivity contribution in [2.75, 3.05) is 13.7 Å². The third kappa shape index (κ3) is 9.84. The monoisotopic (exact) mass is 880 g/mol. The van der Waals surface area contributed by atoms with Crippen LogP contribution < -0.4 is 14.2 Å². The Morgan fingerprint density at radius 2 is 1.84 bits per heavy atom. The molecule has 11 nitrogen and oxygen atoms in total. The Kier molecular flexibility index (Phi) is 13.7. The van der Waals surface area contributed by atoms with Gasteiger partial charge in [-0.3, -0.25) is 19.1 Å². The van der Waals surface area contributed by atoms with E-state index in [0.717, 1.165) is 58.5 Å². The molecular formula is C49H60N4O7S2. The zero-order chi connectivity index (χ0) is 44.3. The summed E-state index contributed by atoms with van der Waals surface area (Å²) in [7, 11) is -2.22. The molecule has 3 fully saturated rings. The van der Waals surface area contributed by atoms with Crippen LogP contribution in [0.3, 0.4) is 0 Å². The van der Waals surface area contributed by atoms with Gasteiger partial charge in [-0.1, -0.05) is 68.7 Å². The molecule has 0 bridgehead atoms. The summed E-state index contributed by atoms with van der Waals surface area (Å²) in [5.41, 5.74) is 4.05. The maximum atomic E-state index is 15.1. The Morgan fingerprint density at radius 3 is 2.50 bits per heavy atom. The lowest BCUT2D eigenvalue weighted by atomic mass is 9.89. The van der Waals surface area contributed by atoms with Crippen LogP contribution in [0.2, 0.25) is 0 Å². The number of allylic oxidation sites excluding steroid dienone is 2. The first-order valence-electron chi connectivity index (χ1n) is 22.0. The van der Waals surface area contributed by atoms with Gasteiger partial charge >= 0.3 is 0 Å². The summed E-state index contributed by atoms with van der Waals surface area (Å²) in [5, 5.41) is 2.96. The fourth-order valence-electron chi connectivity index (χ4n) is 8.92. The average molecular weight is 881 g/mol. The molecule has 2 aromatic carbocycles. The van der Waals surface area contributed by atoms with E-state index in [2.05, 4.69) is 37.8 Å². The number of carbonyl (C=O) groups excluding carboxylic acids is 3. The van der Waals surface area contributed by atoms with Crippen LogP contribution in [0.25, 0.3) is 21.6 Å². The number of fused-ring (bicyclic) bond motifs is 1. The van der Waals surface area contributed by atoms with Crippen molar-refractivity contribution >= 4 is 49.9 Å². The first kappa shape index (κ1) is 45.2. The van der Waals surface area contributed by atoms with Gasteiger partial charge in [0.05, 0.1) is 41.6 Å². The minimum absolute atomic E-state index is 0.129. The molecular weight excluding hydrogens is 821 g/mol. The number of benzene rings is 2. The molecule has 330 valence electrons. The van der Waals surface area contributed by atoms with E-state index in [1.807, 2.05) is 61.7 Å². The predicted molar refractivity (Wildman–Crippen MR) is 245 cm³/mol. The topological polar surface area (TPSA) is 145 Å². The normalized spacial score (nSPS) is 21.5. The molecule has 7 rings (SSSR count). The lowest BCUT2D eigenvalue weighted by Gasteiger charge is -2.29. The number of likely N-dealkylation sites (tertiary alicyclic amines) is 1. The molecule has 1 saturated heterocycles. The quantitative estimate of drug-likeness (QED) is 0.0640. The molecule has 2 saturated carbocycles. The molecule has 62 heavy (non-hydrogen) atoms. The number of nitrogens with one attached hydrogen (secondary N) is 1. The molecule has 3 aliphatic rings. The minimum Gasteiger partial charge on any atom is -0.496 e. The fourth-order valence-corrected chi connectivity index (χ4v) is 11.2. The van der Waals surface area contributed by atoms with Gasteiger partial charge in [0.15, 0.2) is 5.78 Å². The summed E-state index contributed by atoms with van der Waals surface area (Å²) in [4.78, 5) is 55.4. The Hall–Kier alpha value is -4.88. The molecule has 0 radical (unpaired) electrons. The molecule has 2 amide bonds. The maximum Gasteiger partial charge on any atom is 0.240 e. The number of pyridine rings is 1. The highest BCUT2D eigenvalue weighted by molar-refractivity contribution is 7.90. The van der Waals surface area contributed by atoms with Crippen LogP contribution in [0.5, 0.6) is 11.5 Å². The Morgan fingerprint density at radius 1 is 1.05 bits per heavy atom. The highest BCUT2D eigenvalue weighted by atomic mass is 32.2. The average Bonchev–Trinajstić information content (AvgIpc) is 4.13. The van der Waals surface area contributed by atoms with E-state index in [-0.39, 0.29) is 42.9 Å². The number of aryl methyl sites for hydroxylation is 2. The van der Waals surface area contributed by atoms with Gasteiger partial charge in [0.25, 0.3) is 0 Å². The van der Waals surface area contributed by atoms with Crippen LogP contribution in [0.4, 0.5) is 0 Å². The summed E-state index contributed by atoms with van der Waals surface area (Å²) < 4.78 is 40.8. The number of aromatic nitrogens is 2. The molecule has 3 heterocycles. The molecule has 13 heteroatoms. The molecule has 5 atom stereocenters. The van der Waals surface area contributed by atoms with E-state index in [9.17, 15) is 18.0 Å². The number of hydrogen-bond donors (Lipinski definition) is 1. The van der Waals surface area contributed by atoms with Crippen molar-refractivity contribution in [3.05, 3.63) is 95.5 Å². The van der Waals surface area contributed by atoms with Gasteiger partial charge in [-0.15, -0.1) is 24.5 Å². The number of ether oxygens (including phenoxy) is 2. The fraction of sp³-hybridized carbons (Fsp3) is 0.490. The minimum atomic E-state index is -3.85. The number of thiazole rings is 1. The number of methoxy groups -OCH3 is 1. The summed E-state index contributed by atoms with van der Waals surface area (Å²) in [5.74, 6) is -0.394. The number of carbonyl (C=O) groups is 3. The lowest BCUT2D eigenvalue weighted by Crippen LogP contribution is -2.46. The van der Waals surface area contributed by atoms with Crippen molar-refractivity contribution in [3.63, 3.8) is 0 Å². The number of ketones is 1. The van der Waals surface area contributed by atoms with Crippen molar-refractivity contribution in [3.8, 4) is 22.2 Å². The van der Waals surface area contributed by atoms with Crippen LogP contribution in [-0.2, 0) is 30.8 Å². The van der Waals surface area contributed by atoms with Crippen LogP contribution >= 0.6 is 11.3 Å². The van der Waals surface area contributed by atoms with Gasteiger partial charge in [-0.2, -0.15) is 0 Å². The van der Waals surface area contributed by atoms with Gasteiger partial charge in [-0.05, 0) is 88.3 Å². The van der Waals surface area contributed by atoms with Crippen LogP contribution in [0, 0.1) is 31.1 Å². The molecule has 4 aromatic rings. The number of Topliss-reactive ketones (excluding diaryl/α,β-unsaturated/α-hetero) is 1. The second-order valence-electron chi connectivity index (χ2n) is 17.8. The van der Waals surface area contributed by atoms with E-state index in [4.69, 9.17) is 19.4 Å². The first-order valence-corrected chi connectivity index (χ1v) is 24.4. The van der Waals surface area contributed by atoms with E-state index in [0.29, 0.717) is 54.8 Å². The van der Waals surface area contributed by atoms with Crippen molar-refractivity contribution in [1.29, 1.82) is 0 Å². The zero-order valence-electron chi connectivity index (χ0n) is 36.7. The van der Waals surface area contributed by atoms with Gasteiger partial charge in [0, 0.05) is 41.2 Å². The summed E-state index contributed by atoms with van der Waals surface area (Å²) >= 11 is 1.51. The number of unbranched alkanes of at least 4 members (excludes halogenated alkanes) is 3. The molecule has 1 N–H and O–H groups in total. The maximum absolute atomic E-state index is 15.1. The van der Waals surface area contributed by atoms with E-state index < -0.39 is 44.7 Å². The Bertz CT molecular complexity index is 2460. The molecule has 2 aromatic heterocycles. The van der Waals surface area contributed by atoms with Crippen LogP contribution in [-0.4, -0.2) is 71.9 Å². The zero-order valence-corrected chi connectivity index (χ0v) is 38.3. The summed E-state index contributed by atoms with van der Waals surface area (Å²) in [6, 6.07) is 13.0. The predicted octanol–water partition coefficient (Wildman–Crippen LogP) is 9.21. The largest absolute Gasteiger partial charge is 0.496 e. The molecule has 0 unspecified atom stereocenters. The Labute approximate surface area is 370 Å². The molecule has 0 spiro atoms. The number of amides is 2. The van der Waals surface area contributed by atoms with E-state index in [1.165, 1.54) is 11.3 Å². The van der Waals surface area contributed by atoms with Crippen molar-refractivity contribution in [1.82, 2.24) is 19.6 Å². The van der Waals surface area contributed by atoms with E-state index >= 15 is 4.79 Å². The number of sulfonamides is 1. The van der Waals surface area contributed by atoms with E-state index in [1.54, 1.807) is 18.1 Å². The van der Waals surface area contributed by atoms with Gasteiger partial charge in [0.2, 0.25) is 21.8 Å². The lowest BCUT2D eigenvalue weighted by molar-refractivity contribution is -0.142. The van der Waals surface area contributed by atoms with Crippen molar-refractivity contribution in [2.24, 2.45) is 17.3 Å². The third-order valence-corrected chi connectivity index (χ3v) is 15.5. The number of hydrogen-bond acceptors (Lipinski definition) is 10. The highest BCUT2D eigenvalue weighted by Gasteiger charge is 2.61. The number of nitrogens with zero attached hydrogens (tertiary/aromatic N) is 3. The highest BCUT2D eigenvalue weighted by Crippen LogP contribution is 2.57. The number of rotatable bonds is 21. The van der Waals surface area contributed by atoms with Crippen LogP contribution in [0.1, 0.15) is 106 Å². The van der Waals surface area contributed by atoms with Crippen molar-refractivity contribution in [2.45, 2.75) is 122 Å². The SMILES string of the molecule is C=CCCCCC[C@H](Cc1cccc(C)c1)C(=O)N1C[C@H](Oc2cc(-c3nc(C(C)C)cs3)nc3c(C)c(OC)ccc23)C[C@H]1C(=O)C[C@]1(C(=O)NS(=O)(=O)C2CC2)C[C@H]1C=C. The molecule has 2 aliphatic carbocycles. The van der Waals surface area contributed by atoms with Gasteiger partial charge in [-0.25, -0.2) is 18.4 Å².